The van der Waals surface area contributed by atoms with Crippen molar-refractivity contribution in [3.63, 3.8) is 0 Å². The van der Waals surface area contributed by atoms with E-state index in [1.165, 1.54) is 19.4 Å². The number of carbonyl (C=O) groups excluding carboxylic acids is 1. The summed E-state index contributed by atoms with van der Waals surface area (Å²) < 4.78 is 10.6. The molecule has 0 saturated carbocycles. The topological polar surface area (TPSA) is 103 Å². The molecular formula is C16H23N3O5. The molecule has 0 aliphatic heterocycles. The van der Waals surface area contributed by atoms with Crippen molar-refractivity contribution < 1.29 is 19.2 Å². The number of hydrogen-bond donors (Lipinski definition) is 1. The van der Waals surface area contributed by atoms with E-state index in [0.717, 1.165) is 12.8 Å². The van der Waals surface area contributed by atoms with Gasteiger partial charge < -0.3 is 9.47 Å². The van der Waals surface area contributed by atoms with Gasteiger partial charge in [0.1, 0.15) is 0 Å². The van der Waals surface area contributed by atoms with Gasteiger partial charge in [-0.1, -0.05) is 20.3 Å². The van der Waals surface area contributed by atoms with Crippen molar-refractivity contribution in [3.05, 3.63) is 27.8 Å². The van der Waals surface area contributed by atoms with Crippen LogP contribution in [0.15, 0.2) is 17.2 Å². The molecule has 8 nitrogen and oxygen atoms in total. The fraction of sp³-hybridized carbons (Fsp3) is 0.500. The highest BCUT2D eigenvalue weighted by molar-refractivity contribution is 5.85. The number of hydrogen-bond acceptors (Lipinski definition) is 6. The van der Waals surface area contributed by atoms with E-state index in [1.807, 2.05) is 13.8 Å². The molecule has 1 N–H and O–H groups in total. The first-order chi connectivity index (χ1) is 11.5. The number of nitrogens with one attached hydrogen (secondary N) is 1. The van der Waals surface area contributed by atoms with Gasteiger partial charge in [0.2, 0.25) is 11.7 Å². The molecule has 1 aromatic rings. The molecule has 1 aromatic carbocycles. The second-order valence-corrected chi connectivity index (χ2v) is 5.07. The van der Waals surface area contributed by atoms with Crippen LogP contribution >= 0.6 is 0 Å². The Labute approximate surface area is 141 Å². The summed E-state index contributed by atoms with van der Waals surface area (Å²) in [5.41, 5.74) is 2.61. The molecule has 0 unspecified atom stereocenters. The van der Waals surface area contributed by atoms with Gasteiger partial charge in [0.25, 0.3) is 0 Å². The second-order valence-electron chi connectivity index (χ2n) is 5.07. The summed E-state index contributed by atoms with van der Waals surface area (Å²) in [6, 6.07) is 2.90. The van der Waals surface area contributed by atoms with Crippen LogP contribution in [0.5, 0.6) is 11.5 Å². The second kappa shape index (κ2) is 10.2. The number of rotatable bonds is 10. The minimum absolute atomic E-state index is 0.0912. The van der Waals surface area contributed by atoms with E-state index in [4.69, 9.17) is 9.47 Å². The summed E-state index contributed by atoms with van der Waals surface area (Å²) >= 11 is 0. The Kier molecular flexibility index (Phi) is 8.24. The molecule has 0 spiro atoms. The molecule has 0 heterocycles. The number of ether oxygens (including phenoxy) is 2. The largest absolute Gasteiger partial charge is 0.493 e. The summed E-state index contributed by atoms with van der Waals surface area (Å²) in [5.74, 6) is 0.141. The molecule has 8 heteroatoms. The lowest BCUT2D eigenvalue weighted by Gasteiger charge is -2.11. The van der Waals surface area contributed by atoms with Crippen molar-refractivity contribution in [1.29, 1.82) is 0 Å². The van der Waals surface area contributed by atoms with E-state index in [-0.39, 0.29) is 23.1 Å². The number of hydrazone groups is 1. The summed E-state index contributed by atoms with van der Waals surface area (Å²) in [4.78, 5) is 22.2. The first-order valence-corrected chi connectivity index (χ1v) is 7.84. The molecule has 1 rings (SSSR count). The van der Waals surface area contributed by atoms with Crippen LogP contribution in [0.4, 0.5) is 5.69 Å². The zero-order chi connectivity index (χ0) is 17.9. The van der Waals surface area contributed by atoms with Gasteiger partial charge in [-0.3, -0.25) is 14.9 Å². The van der Waals surface area contributed by atoms with Gasteiger partial charge in [0, 0.05) is 18.1 Å². The quantitative estimate of drug-likeness (QED) is 0.401. The number of nitrogens with zero attached hydrogens (tertiary/aromatic N) is 2. The van der Waals surface area contributed by atoms with Crippen molar-refractivity contribution in [2.75, 3.05) is 13.7 Å². The molecule has 0 fully saturated rings. The van der Waals surface area contributed by atoms with Crippen molar-refractivity contribution >= 4 is 17.8 Å². The number of nitro groups is 1. The fourth-order valence-electron chi connectivity index (χ4n) is 1.89. The van der Waals surface area contributed by atoms with E-state index in [1.54, 1.807) is 6.07 Å². The highest BCUT2D eigenvalue weighted by atomic mass is 16.6. The third-order valence-electron chi connectivity index (χ3n) is 3.08. The minimum atomic E-state index is -0.537. The number of benzene rings is 1. The van der Waals surface area contributed by atoms with Crippen LogP contribution in [-0.2, 0) is 4.79 Å². The van der Waals surface area contributed by atoms with Crippen LogP contribution in [0.2, 0.25) is 0 Å². The van der Waals surface area contributed by atoms with Gasteiger partial charge in [0.05, 0.1) is 24.9 Å². The molecule has 0 radical (unpaired) electrons. The van der Waals surface area contributed by atoms with Gasteiger partial charge in [-0.15, -0.1) is 0 Å². The molecule has 0 aromatic heterocycles. The summed E-state index contributed by atoms with van der Waals surface area (Å²) in [5, 5.41) is 15.1. The molecule has 0 aliphatic carbocycles. The third kappa shape index (κ3) is 5.86. The summed E-state index contributed by atoms with van der Waals surface area (Å²) in [6.07, 6.45) is 4.14. The zero-order valence-electron chi connectivity index (χ0n) is 14.2. The molecule has 24 heavy (non-hydrogen) atoms. The van der Waals surface area contributed by atoms with Crippen LogP contribution in [0, 0.1) is 10.1 Å². The van der Waals surface area contributed by atoms with Gasteiger partial charge in [-0.2, -0.15) is 5.10 Å². The number of amides is 1. The van der Waals surface area contributed by atoms with Crippen molar-refractivity contribution in [2.45, 2.75) is 39.5 Å². The van der Waals surface area contributed by atoms with E-state index in [9.17, 15) is 14.9 Å². The predicted molar refractivity (Wildman–Crippen MR) is 90.7 cm³/mol. The molecule has 132 valence electrons. The predicted octanol–water partition coefficient (Wildman–Crippen LogP) is 3.03. The standard InChI is InChI=1S/C16H23N3O5/c1-4-6-7-15(20)18-17-11-12-9-13(19(21)22)16(24-8-5-2)14(10-12)23-3/h9-11H,4-8H2,1-3H3,(H,18,20)/b17-11+. The Balaban J connectivity index is 2.98. The maximum Gasteiger partial charge on any atom is 0.315 e. The van der Waals surface area contributed by atoms with Gasteiger partial charge in [0.15, 0.2) is 5.75 Å². The van der Waals surface area contributed by atoms with E-state index in [0.29, 0.717) is 25.0 Å². The van der Waals surface area contributed by atoms with Crippen LogP contribution in [0.25, 0.3) is 0 Å². The number of carbonyl (C=O) groups is 1. The van der Waals surface area contributed by atoms with Gasteiger partial charge in [-0.05, 0) is 18.9 Å². The first-order valence-electron chi connectivity index (χ1n) is 7.84. The van der Waals surface area contributed by atoms with Crippen molar-refractivity contribution in [2.24, 2.45) is 5.10 Å². The molecule has 0 aliphatic rings. The van der Waals surface area contributed by atoms with E-state index >= 15 is 0 Å². The Hall–Kier alpha value is -2.64. The average Bonchev–Trinajstić information content (AvgIpc) is 2.57. The van der Waals surface area contributed by atoms with Crippen molar-refractivity contribution in [1.82, 2.24) is 5.43 Å². The van der Waals surface area contributed by atoms with Crippen LogP contribution in [-0.4, -0.2) is 30.8 Å². The number of unbranched alkanes of at least 4 members (excludes halogenated alkanes) is 1. The maximum absolute atomic E-state index is 11.5. The van der Waals surface area contributed by atoms with E-state index in [2.05, 4.69) is 10.5 Å². The highest BCUT2D eigenvalue weighted by Gasteiger charge is 2.21. The highest BCUT2D eigenvalue weighted by Crippen LogP contribution is 2.38. The minimum Gasteiger partial charge on any atom is -0.493 e. The molecular weight excluding hydrogens is 314 g/mol. The Morgan fingerprint density at radius 2 is 2.12 bits per heavy atom. The first kappa shape index (κ1) is 19.4. The Morgan fingerprint density at radius 3 is 2.71 bits per heavy atom. The van der Waals surface area contributed by atoms with Gasteiger partial charge >= 0.3 is 5.69 Å². The average molecular weight is 337 g/mol. The Bertz CT molecular complexity index is 602. The van der Waals surface area contributed by atoms with Crippen LogP contribution < -0.4 is 14.9 Å². The van der Waals surface area contributed by atoms with Crippen LogP contribution in [0.3, 0.4) is 0 Å². The summed E-state index contributed by atoms with van der Waals surface area (Å²) in [7, 11) is 1.41. The monoisotopic (exact) mass is 337 g/mol. The van der Waals surface area contributed by atoms with Crippen molar-refractivity contribution in [3.8, 4) is 11.5 Å². The number of methoxy groups -OCH3 is 1. The SMILES string of the molecule is CCCCC(=O)N/N=C/c1cc(OC)c(OCCC)c([N+](=O)[O-])c1. The smallest absolute Gasteiger partial charge is 0.315 e. The van der Waals surface area contributed by atoms with Crippen LogP contribution in [0.1, 0.15) is 45.1 Å². The Morgan fingerprint density at radius 1 is 1.38 bits per heavy atom. The number of nitro benzene ring substituents is 1. The molecule has 0 saturated heterocycles. The summed E-state index contributed by atoms with van der Waals surface area (Å²) in [6.45, 7) is 4.24. The fourth-order valence-corrected chi connectivity index (χ4v) is 1.89. The van der Waals surface area contributed by atoms with Gasteiger partial charge in [-0.25, -0.2) is 5.43 Å². The lowest BCUT2D eigenvalue weighted by molar-refractivity contribution is -0.386. The molecule has 1 amide bonds. The maximum atomic E-state index is 11.5. The lowest BCUT2D eigenvalue weighted by Crippen LogP contribution is -2.16. The lowest BCUT2D eigenvalue weighted by atomic mass is 10.2. The molecule has 0 atom stereocenters. The molecule has 0 bridgehead atoms. The van der Waals surface area contributed by atoms with E-state index < -0.39 is 4.92 Å². The zero-order valence-corrected chi connectivity index (χ0v) is 14.2. The normalized spacial score (nSPS) is 10.6. The third-order valence-corrected chi connectivity index (χ3v) is 3.08.